The van der Waals surface area contributed by atoms with E-state index in [0.717, 1.165) is 6.26 Å². The van der Waals surface area contributed by atoms with Gasteiger partial charge in [0.1, 0.15) is 0 Å². The van der Waals surface area contributed by atoms with Gasteiger partial charge < -0.3 is 14.2 Å². The fourth-order valence-electron chi connectivity index (χ4n) is 1.56. The normalized spacial score (nSPS) is 11.8. The third-order valence-electron chi connectivity index (χ3n) is 2.53. The van der Waals surface area contributed by atoms with Crippen molar-refractivity contribution in [2.24, 2.45) is 0 Å². The molecule has 0 saturated heterocycles. The lowest BCUT2D eigenvalue weighted by Crippen LogP contribution is -2.10. The van der Waals surface area contributed by atoms with E-state index in [1.165, 1.54) is 6.07 Å². The van der Waals surface area contributed by atoms with Crippen LogP contribution in [0.1, 0.15) is 5.56 Å². The predicted molar refractivity (Wildman–Crippen MR) is 76.9 cm³/mol. The summed E-state index contributed by atoms with van der Waals surface area (Å²) in [5, 5.41) is 0.383. The number of methoxy groups -OCH3 is 1. The zero-order valence-corrected chi connectivity index (χ0v) is 13.2. The standard InChI is InChI=1S/C13H19ClO5S/c1-17-6-7-18-8-9-19-10-11-12(14)4-3-5-13(11)20(2,15)16/h3-5H,6-10H2,1-2H3. The molecular formula is C13H19ClO5S. The van der Waals surface area contributed by atoms with Gasteiger partial charge in [-0.3, -0.25) is 0 Å². The quantitative estimate of drug-likeness (QED) is 0.650. The van der Waals surface area contributed by atoms with Crippen LogP contribution in [0.25, 0.3) is 0 Å². The van der Waals surface area contributed by atoms with Crippen LogP contribution in [0.2, 0.25) is 5.02 Å². The van der Waals surface area contributed by atoms with Gasteiger partial charge in [-0.2, -0.15) is 0 Å². The largest absolute Gasteiger partial charge is 0.382 e. The molecule has 0 fully saturated rings. The molecule has 0 radical (unpaired) electrons. The summed E-state index contributed by atoms with van der Waals surface area (Å²) < 4.78 is 38.8. The van der Waals surface area contributed by atoms with Gasteiger partial charge in [0.25, 0.3) is 0 Å². The molecule has 7 heteroatoms. The second kappa shape index (κ2) is 8.59. The van der Waals surface area contributed by atoms with Gasteiger partial charge in [-0.05, 0) is 12.1 Å². The van der Waals surface area contributed by atoms with E-state index in [9.17, 15) is 8.42 Å². The molecule has 0 aromatic heterocycles. The van der Waals surface area contributed by atoms with Gasteiger partial charge in [-0.25, -0.2) is 8.42 Å². The number of rotatable bonds is 9. The van der Waals surface area contributed by atoms with Crippen LogP contribution < -0.4 is 0 Å². The Kier molecular flexibility index (Phi) is 7.47. The molecule has 20 heavy (non-hydrogen) atoms. The first-order chi connectivity index (χ1) is 9.46. The van der Waals surface area contributed by atoms with Crippen molar-refractivity contribution in [3.8, 4) is 0 Å². The SMILES string of the molecule is COCCOCCOCc1c(Cl)cccc1S(C)(=O)=O. The molecule has 0 N–H and O–H groups in total. The maximum Gasteiger partial charge on any atom is 0.175 e. The van der Waals surface area contributed by atoms with E-state index in [0.29, 0.717) is 37.0 Å². The highest BCUT2D eigenvalue weighted by atomic mass is 35.5. The first-order valence-corrected chi connectivity index (χ1v) is 8.35. The van der Waals surface area contributed by atoms with E-state index >= 15 is 0 Å². The number of hydrogen-bond donors (Lipinski definition) is 0. The van der Waals surface area contributed by atoms with E-state index in [4.69, 9.17) is 25.8 Å². The summed E-state index contributed by atoms with van der Waals surface area (Å²) in [6.45, 7) is 1.94. The van der Waals surface area contributed by atoms with E-state index in [1.54, 1.807) is 19.2 Å². The summed E-state index contributed by atoms with van der Waals surface area (Å²) >= 11 is 6.02. The van der Waals surface area contributed by atoms with E-state index in [2.05, 4.69) is 0 Å². The summed E-state index contributed by atoms with van der Waals surface area (Å²) in [5.74, 6) is 0. The topological polar surface area (TPSA) is 61.8 Å². The Morgan fingerprint density at radius 3 is 2.40 bits per heavy atom. The monoisotopic (exact) mass is 322 g/mol. The Labute approximate surface area is 124 Å². The highest BCUT2D eigenvalue weighted by Gasteiger charge is 2.15. The molecule has 1 aromatic rings. The molecule has 1 aromatic carbocycles. The minimum Gasteiger partial charge on any atom is -0.382 e. The van der Waals surface area contributed by atoms with Crippen LogP contribution in [-0.4, -0.2) is 48.2 Å². The van der Waals surface area contributed by atoms with E-state index in [1.807, 2.05) is 0 Å². The maximum atomic E-state index is 11.7. The summed E-state index contributed by atoms with van der Waals surface area (Å²) in [6, 6.07) is 4.77. The predicted octanol–water partition coefficient (Wildman–Crippen LogP) is 1.92. The lowest BCUT2D eigenvalue weighted by molar-refractivity contribution is 0.0195. The lowest BCUT2D eigenvalue weighted by atomic mass is 10.2. The first kappa shape index (κ1) is 17.4. The van der Waals surface area contributed by atoms with Gasteiger partial charge >= 0.3 is 0 Å². The van der Waals surface area contributed by atoms with Crippen LogP contribution in [-0.2, 0) is 30.7 Å². The Hall–Kier alpha value is -0.660. The van der Waals surface area contributed by atoms with Crippen molar-refractivity contribution in [1.29, 1.82) is 0 Å². The van der Waals surface area contributed by atoms with E-state index in [-0.39, 0.29) is 11.5 Å². The molecule has 0 aliphatic rings. The van der Waals surface area contributed by atoms with Crippen molar-refractivity contribution in [2.45, 2.75) is 11.5 Å². The van der Waals surface area contributed by atoms with Crippen molar-refractivity contribution < 1.29 is 22.6 Å². The molecule has 0 aliphatic heterocycles. The minimum absolute atomic E-state index is 0.135. The average molecular weight is 323 g/mol. The molecule has 0 amide bonds. The summed E-state index contributed by atoms with van der Waals surface area (Å²) in [4.78, 5) is 0.199. The Morgan fingerprint density at radius 1 is 1.10 bits per heavy atom. The minimum atomic E-state index is -3.32. The second-order valence-electron chi connectivity index (χ2n) is 4.15. The average Bonchev–Trinajstić information content (AvgIpc) is 2.38. The maximum absolute atomic E-state index is 11.7. The zero-order valence-electron chi connectivity index (χ0n) is 11.6. The van der Waals surface area contributed by atoms with Crippen LogP contribution in [0.5, 0.6) is 0 Å². The molecule has 0 bridgehead atoms. The number of ether oxygens (including phenoxy) is 3. The molecule has 114 valence electrons. The van der Waals surface area contributed by atoms with Crippen molar-refractivity contribution in [3.05, 3.63) is 28.8 Å². The Balaban J connectivity index is 2.52. The van der Waals surface area contributed by atoms with Crippen LogP contribution in [0.4, 0.5) is 0 Å². The fraction of sp³-hybridized carbons (Fsp3) is 0.538. The molecule has 1 rings (SSSR count). The highest BCUT2D eigenvalue weighted by molar-refractivity contribution is 7.90. The van der Waals surface area contributed by atoms with Gasteiger partial charge in [0.05, 0.1) is 37.9 Å². The zero-order chi connectivity index (χ0) is 15.0. The Morgan fingerprint density at radius 2 is 1.75 bits per heavy atom. The van der Waals surface area contributed by atoms with Gasteiger partial charge in [0.15, 0.2) is 9.84 Å². The third kappa shape index (κ3) is 5.76. The van der Waals surface area contributed by atoms with Gasteiger partial charge in [-0.1, -0.05) is 17.7 Å². The highest BCUT2D eigenvalue weighted by Crippen LogP contribution is 2.24. The van der Waals surface area contributed by atoms with Crippen molar-refractivity contribution in [1.82, 2.24) is 0 Å². The molecule has 0 aliphatic carbocycles. The smallest absolute Gasteiger partial charge is 0.175 e. The first-order valence-electron chi connectivity index (χ1n) is 6.08. The van der Waals surface area contributed by atoms with Gasteiger partial charge in [0, 0.05) is 24.0 Å². The van der Waals surface area contributed by atoms with Crippen LogP contribution >= 0.6 is 11.6 Å². The third-order valence-corrected chi connectivity index (χ3v) is 4.06. The van der Waals surface area contributed by atoms with Crippen LogP contribution in [0, 0.1) is 0 Å². The molecule has 0 unspecified atom stereocenters. The lowest BCUT2D eigenvalue weighted by Gasteiger charge is -2.11. The summed E-state index contributed by atoms with van der Waals surface area (Å²) in [6.07, 6.45) is 1.15. The van der Waals surface area contributed by atoms with E-state index < -0.39 is 9.84 Å². The molecule has 5 nitrogen and oxygen atoms in total. The fourth-order valence-corrected chi connectivity index (χ4v) is 2.79. The molecule has 0 spiro atoms. The van der Waals surface area contributed by atoms with Crippen LogP contribution in [0.3, 0.4) is 0 Å². The van der Waals surface area contributed by atoms with Crippen molar-refractivity contribution >= 4 is 21.4 Å². The number of benzene rings is 1. The van der Waals surface area contributed by atoms with Crippen molar-refractivity contribution in [2.75, 3.05) is 39.8 Å². The molecule has 0 atom stereocenters. The van der Waals surface area contributed by atoms with Crippen molar-refractivity contribution in [3.63, 3.8) is 0 Å². The molecule has 0 heterocycles. The Bertz CT molecular complexity index is 515. The molecular weight excluding hydrogens is 304 g/mol. The van der Waals surface area contributed by atoms with Gasteiger partial charge in [0.2, 0.25) is 0 Å². The summed E-state index contributed by atoms with van der Waals surface area (Å²) in [5.41, 5.74) is 0.480. The molecule has 0 saturated carbocycles. The second-order valence-corrected chi connectivity index (χ2v) is 6.54. The number of sulfone groups is 1. The van der Waals surface area contributed by atoms with Crippen LogP contribution in [0.15, 0.2) is 23.1 Å². The number of hydrogen-bond acceptors (Lipinski definition) is 5. The van der Waals surface area contributed by atoms with Gasteiger partial charge in [-0.15, -0.1) is 0 Å². The number of halogens is 1. The summed E-state index contributed by atoms with van der Waals surface area (Å²) in [7, 11) is -1.72.